The summed E-state index contributed by atoms with van der Waals surface area (Å²) in [6, 6.07) is 4.43. The standard InChI is InChI=1S/C13H19NOS/c1-10-8-9-12(16-10)13(15)14(2)11-6-4-3-5-7-11/h8-9,11H,3-7H2,1-2H3. The molecular formula is C13H19NOS. The van der Waals surface area contributed by atoms with Gasteiger partial charge in [-0.15, -0.1) is 11.3 Å². The van der Waals surface area contributed by atoms with Crippen molar-refractivity contribution < 1.29 is 4.79 Å². The molecule has 88 valence electrons. The lowest BCUT2D eigenvalue weighted by Gasteiger charge is -2.30. The van der Waals surface area contributed by atoms with Gasteiger partial charge in [0.1, 0.15) is 0 Å². The maximum absolute atomic E-state index is 12.2. The predicted octanol–water partition coefficient (Wildman–Crippen LogP) is 3.46. The highest BCUT2D eigenvalue weighted by Crippen LogP contribution is 2.24. The van der Waals surface area contributed by atoms with E-state index in [9.17, 15) is 4.79 Å². The maximum atomic E-state index is 12.2. The van der Waals surface area contributed by atoms with Gasteiger partial charge in [-0.1, -0.05) is 19.3 Å². The molecule has 0 atom stereocenters. The lowest BCUT2D eigenvalue weighted by Crippen LogP contribution is -2.37. The van der Waals surface area contributed by atoms with Crippen LogP contribution in [-0.2, 0) is 0 Å². The second-order valence-electron chi connectivity index (χ2n) is 4.62. The summed E-state index contributed by atoms with van der Waals surface area (Å²) in [6.45, 7) is 2.04. The van der Waals surface area contributed by atoms with Crippen molar-refractivity contribution in [2.75, 3.05) is 7.05 Å². The van der Waals surface area contributed by atoms with Crippen LogP contribution in [0.15, 0.2) is 12.1 Å². The molecule has 1 aliphatic carbocycles. The third kappa shape index (κ3) is 2.46. The van der Waals surface area contributed by atoms with Gasteiger partial charge in [-0.3, -0.25) is 4.79 Å². The fraction of sp³-hybridized carbons (Fsp3) is 0.615. The molecule has 2 nitrogen and oxygen atoms in total. The van der Waals surface area contributed by atoms with Crippen molar-refractivity contribution in [2.45, 2.75) is 45.1 Å². The third-order valence-corrected chi connectivity index (χ3v) is 4.38. The molecule has 0 saturated heterocycles. The molecule has 1 aromatic heterocycles. The van der Waals surface area contributed by atoms with Crippen molar-refractivity contribution in [3.05, 3.63) is 21.9 Å². The van der Waals surface area contributed by atoms with Gasteiger partial charge in [0.25, 0.3) is 5.91 Å². The van der Waals surface area contributed by atoms with Crippen LogP contribution in [0.2, 0.25) is 0 Å². The zero-order valence-electron chi connectivity index (χ0n) is 10.0. The number of carbonyl (C=O) groups excluding carboxylic acids is 1. The Morgan fingerprint density at radius 3 is 2.56 bits per heavy atom. The smallest absolute Gasteiger partial charge is 0.263 e. The van der Waals surface area contributed by atoms with Crippen LogP contribution >= 0.6 is 11.3 Å². The van der Waals surface area contributed by atoms with E-state index in [1.807, 2.05) is 31.0 Å². The summed E-state index contributed by atoms with van der Waals surface area (Å²) >= 11 is 1.60. The van der Waals surface area contributed by atoms with Crippen molar-refractivity contribution >= 4 is 17.2 Å². The van der Waals surface area contributed by atoms with Gasteiger partial charge < -0.3 is 4.90 Å². The van der Waals surface area contributed by atoms with E-state index in [-0.39, 0.29) is 5.91 Å². The van der Waals surface area contributed by atoms with Crippen LogP contribution in [0.1, 0.15) is 46.7 Å². The molecule has 0 aliphatic heterocycles. The summed E-state index contributed by atoms with van der Waals surface area (Å²) in [4.78, 5) is 16.2. The van der Waals surface area contributed by atoms with E-state index in [0.717, 1.165) is 4.88 Å². The van der Waals surface area contributed by atoms with Crippen LogP contribution in [0, 0.1) is 6.92 Å². The first-order valence-electron chi connectivity index (χ1n) is 6.02. The van der Waals surface area contributed by atoms with E-state index in [4.69, 9.17) is 0 Å². The number of nitrogens with zero attached hydrogens (tertiary/aromatic N) is 1. The molecule has 2 rings (SSSR count). The van der Waals surface area contributed by atoms with Gasteiger partial charge in [0.15, 0.2) is 0 Å². The molecule has 0 unspecified atom stereocenters. The highest BCUT2D eigenvalue weighted by atomic mass is 32.1. The van der Waals surface area contributed by atoms with E-state index in [1.54, 1.807) is 11.3 Å². The van der Waals surface area contributed by atoms with Gasteiger partial charge in [0, 0.05) is 18.0 Å². The van der Waals surface area contributed by atoms with Gasteiger partial charge in [-0.2, -0.15) is 0 Å². The number of rotatable bonds is 2. The first kappa shape index (κ1) is 11.6. The van der Waals surface area contributed by atoms with Gasteiger partial charge in [0.05, 0.1) is 4.88 Å². The van der Waals surface area contributed by atoms with Gasteiger partial charge >= 0.3 is 0 Å². The van der Waals surface area contributed by atoms with Crippen LogP contribution in [0.25, 0.3) is 0 Å². The molecule has 1 heterocycles. The zero-order chi connectivity index (χ0) is 11.5. The van der Waals surface area contributed by atoms with Crippen LogP contribution in [0.4, 0.5) is 0 Å². The van der Waals surface area contributed by atoms with Crippen LogP contribution < -0.4 is 0 Å². The molecule has 0 spiro atoms. The Morgan fingerprint density at radius 2 is 2.00 bits per heavy atom. The second kappa shape index (κ2) is 5.00. The third-order valence-electron chi connectivity index (χ3n) is 3.39. The molecule has 0 radical (unpaired) electrons. The molecule has 1 amide bonds. The number of thiophene rings is 1. The summed E-state index contributed by atoms with van der Waals surface area (Å²) in [7, 11) is 1.95. The Hall–Kier alpha value is -0.830. The highest BCUT2D eigenvalue weighted by molar-refractivity contribution is 7.13. The lowest BCUT2D eigenvalue weighted by atomic mass is 9.94. The van der Waals surface area contributed by atoms with Crippen LogP contribution in [0.3, 0.4) is 0 Å². The van der Waals surface area contributed by atoms with Crippen molar-refractivity contribution in [2.24, 2.45) is 0 Å². The topological polar surface area (TPSA) is 20.3 Å². The Kier molecular flexibility index (Phi) is 3.64. The molecule has 0 aromatic carbocycles. The van der Waals surface area contributed by atoms with Crippen LogP contribution in [0.5, 0.6) is 0 Å². The van der Waals surface area contributed by atoms with E-state index in [0.29, 0.717) is 6.04 Å². The molecular weight excluding hydrogens is 218 g/mol. The van der Waals surface area contributed by atoms with E-state index < -0.39 is 0 Å². The van der Waals surface area contributed by atoms with Crippen molar-refractivity contribution in [1.29, 1.82) is 0 Å². The minimum Gasteiger partial charge on any atom is -0.338 e. The predicted molar refractivity (Wildman–Crippen MR) is 68.0 cm³/mol. The lowest BCUT2D eigenvalue weighted by molar-refractivity contribution is 0.0701. The summed E-state index contributed by atoms with van der Waals surface area (Å²) < 4.78 is 0. The molecule has 3 heteroatoms. The molecule has 1 fully saturated rings. The fourth-order valence-electron chi connectivity index (χ4n) is 2.36. The van der Waals surface area contributed by atoms with Gasteiger partial charge in [-0.05, 0) is 31.9 Å². The van der Waals surface area contributed by atoms with Crippen molar-refractivity contribution in [1.82, 2.24) is 4.90 Å². The summed E-state index contributed by atoms with van der Waals surface area (Å²) in [6.07, 6.45) is 6.22. The quantitative estimate of drug-likeness (QED) is 0.771. The molecule has 1 aliphatic rings. The molecule has 1 aromatic rings. The van der Waals surface area contributed by atoms with Crippen molar-refractivity contribution in [3.8, 4) is 0 Å². The maximum Gasteiger partial charge on any atom is 0.263 e. The van der Waals surface area contributed by atoms with Gasteiger partial charge in [-0.25, -0.2) is 0 Å². The minimum atomic E-state index is 0.199. The Balaban J connectivity index is 2.03. The number of carbonyl (C=O) groups is 1. The Bertz CT molecular complexity index is 366. The average molecular weight is 237 g/mol. The number of hydrogen-bond donors (Lipinski definition) is 0. The number of aryl methyl sites for hydroxylation is 1. The summed E-state index contributed by atoms with van der Waals surface area (Å²) in [5, 5.41) is 0. The molecule has 0 bridgehead atoms. The molecule has 1 saturated carbocycles. The van der Waals surface area contributed by atoms with E-state index in [2.05, 4.69) is 0 Å². The normalized spacial score (nSPS) is 17.4. The second-order valence-corrected chi connectivity index (χ2v) is 5.91. The number of hydrogen-bond acceptors (Lipinski definition) is 2. The first-order chi connectivity index (χ1) is 7.68. The summed E-state index contributed by atoms with van der Waals surface area (Å²) in [5.74, 6) is 0.199. The molecule has 16 heavy (non-hydrogen) atoms. The largest absolute Gasteiger partial charge is 0.338 e. The fourth-order valence-corrected chi connectivity index (χ4v) is 3.21. The Labute approximate surface area is 101 Å². The Morgan fingerprint density at radius 1 is 1.31 bits per heavy atom. The minimum absolute atomic E-state index is 0.199. The van der Waals surface area contributed by atoms with E-state index in [1.165, 1.54) is 37.0 Å². The zero-order valence-corrected chi connectivity index (χ0v) is 10.8. The monoisotopic (exact) mass is 237 g/mol. The van der Waals surface area contributed by atoms with Crippen molar-refractivity contribution in [3.63, 3.8) is 0 Å². The first-order valence-corrected chi connectivity index (χ1v) is 6.84. The summed E-state index contributed by atoms with van der Waals surface area (Å²) in [5.41, 5.74) is 0. The highest BCUT2D eigenvalue weighted by Gasteiger charge is 2.23. The van der Waals surface area contributed by atoms with Gasteiger partial charge in [0.2, 0.25) is 0 Å². The molecule has 0 N–H and O–H groups in total. The SMILES string of the molecule is Cc1ccc(C(=O)N(C)C2CCCCC2)s1. The average Bonchev–Trinajstić information content (AvgIpc) is 2.75. The number of amides is 1. The van der Waals surface area contributed by atoms with Crippen LogP contribution in [-0.4, -0.2) is 23.9 Å². The van der Waals surface area contributed by atoms with E-state index >= 15 is 0 Å².